The Morgan fingerprint density at radius 1 is 1.08 bits per heavy atom. The Labute approximate surface area is 149 Å². The van der Waals surface area contributed by atoms with Crippen LogP contribution in [0.5, 0.6) is 0 Å². The normalized spacial score (nSPS) is 17.0. The molecular formula is C19H24ClFN2O. The lowest BCUT2D eigenvalue weighted by atomic mass is 10.1. The minimum absolute atomic E-state index is 0. The summed E-state index contributed by atoms with van der Waals surface area (Å²) in [6.07, 6.45) is 2.48. The first-order valence-electron chi connectivity index (χ1n) is 8.12. The van der Waals surface area contributed by atoms with Crippen molar-refractivity contribution in [2.45, 2.75) is 32.0 Å². The maximum absolute atomic E-state index is 13.4. The highest BCUT2D eigenvalue weighted by Crippen LogP contribution is 2.18. The quantitative estimate of drug-likeness (QED) is 0.800. The van der Waals surface area contributed by atoms with Gasteiger partial charge in [-0.15, -0.1) is 12.4 Å². The highest BCUT2D eigenvalue weighted by Gasteiger charge is 2.19. The van der Waals surface area contributed by atoms with Gasteiger partial charge in [0, 0.05) is 31.9 Å². The lowest BCUT2D eigenvalue weighted by molar-refractivity contribution is 0.0679. The van der Waals surface area contributed by atoms with Gasteiger partial charge in [-0.2, -0.15) is 0 Å². The molecule has 130 valence electrons. The monoisotopic (exact) mass is 350 g/mol. The minimum atomic E-state index is -0.191. The molecule has 0 radical (unpaired) electrons. The van der Waals surface area contributed by atoms with Gasteiger partial charge in [0.25, 0.3) is 0 Å². The first-order valence-corrected chi connectivity index (χ1v) is 8.12. The van der Waals surface area contributed by atoms with Crippen LogP contribution in [0.4, 0.5) is 10.1 Å². The summed E-state index contributed by atoms with van der Waals surface area (Å²) in [5.41, 5.74) is 8.79. The number of nitrogens with two attached hydrogens (primary N) is 1. The molecule has 0 bridgehead atoms. The van der Waals surface area contributed by atoms with Gasteiger partial charge in [0.1, 0.15) is 5.82 Å². The Bertz CT molecular complexity index is 599. The van der Waals surface area contributed by atoms with Crippen LogP contribution in [0.25, 0.3) is 0 Å². The second kappa shape index (κ2) is 9.02. The minimum Gasteiger partial charge on any atom is -0.399 e. The molecule has 2 aromatic carbocycles. The van der Waals surface area contributed by atoms with E-state index in [0.717, 1.165) is 43.8 Å². The molecule has 1 atom stereocenters. The van der Waals surface area contributed by atoms with Crippen molar-refractivity contribution in [1.82, 2.24) is 4.90 Å². The van der Waals surface area contributed by atoms with Crippen LogP contribution in [0.15, 0.2) is 48.5 Å². The molecule has 1 fully saturated rings. The molecule has 2 aromatic rings. The zero-order valence-corrected chi connectivity index (χ0v) is 14.5. The topological polar surface area (TPSA) is 38.5 Å². The molecule has 5 heteroatoms. The third-order valence-corrected chi connectivity index (χ3v) is 4.14. The summed E-state index contributed by atoms with van der Waals surface area (Å²) in [4.78, 5) is 2.31. The van der Waals surface area contributed by atoms with Gasteiger partial charge in [-0.3, -0.25) is 4.90 Å². The van der Waals surface area contributed by atoms with Crippen LogP contribution < -0.4 is 5.73 Å². The highest BCUT2D eigenvalue weighted by molar-refractivity contribution is 5.85. The van der Waals surface area contributed by atoms with Gasteiger partial charge in [0.2, 0.25) is 0 Å². The smallest absolute Gasteiger partial charge is 0.123 e. The third-order valence-electron chi connectivity index (χ3n) is 4.14. The molecule has 1 aliphatic rings. The van der Waals surface area contributed by atoms with Gasteiger partial charge >= 0.3 is 0 Å². The van der Waals surface area contributed by atoms with Gasteiger partial charge in [-0.1, -0.05) is 24.3 Å². The Morgan fingerprint density at radius 2 is 1.79 bits per heavy atom. The second-order valence-electron chi connectivity index (χ2n) is 6.18. The van der Waals surface area contributed by atoms with Gasteiger partial charge in [0.15, 0.2) is 0 Å². The molecule has 0 saturated carbocycles. The summed E-state index contributed by atoms with van der Waals surface area (Å²) in [5, 5.41) is 0. The van der Waals surface area contributed by atoms with Crippen LogP contribution in [0.1, 0.15) is 24.0 Å². The van der Waals surface area contributed by atoms with Crippen molar-refractivity contribution >= 4 is 18.1 Å². The van der Waals surface area contributed by atoms with E-state index in [1.807, 2.05) is 24.3 Å². The second-order valence-corrected chi connectivity index (χ2v) is 6.18. The van der Waals surface area contributed by atoms with Crippen LogP contribution >= 0.6 is 12.4 Å². The highest BCUT2D eigenvalue weighted by atomic mass is 35.5. The zero-order valence-electron chi connectivity index (χ0n) is 13.7. The predicted molar refractivity (Wildman–Crippen MR) is 97.6 cm³/mol. The first kappa shape index (κ1) is 18.7. The van der Waals surface area contributed by atoms with Crippen molar-refractivity contribution < 1.29 is 9.13 Å². The SMILES string of the molecule is Cl.Nc1cccc(CN(Cc2cccc(F)c2)CC2CCCO2)c1. The van der Waals surface area contributed by atoms with Gasteiger partial charge in [0.05, 0.1) is 6.10 Å². The van der Waals surface area contributed by atoms with E-state index in [0.29, 0.717) is 6.54 Å². The molecule has 0 amide bonds. The van der Waals surface area contributed by atoms with E-state index in [1.54, 1.807) is 12.1 Å². The van der Waals surface area contributed by atoms with Crippen LogP contribution in [-0.2, 0) is 17.8 Å². The van der Waals surface area contributed by atoms with E-state index in [2.05, 4.69) is 11.0 Å². The van der Waals surface area contributed by atoms with Crippen molar-refractivity contribution in [2.24, 2.45) is 0 Å². The summed E-state index contributed by atoms with van der Waals surface area (Å²) in [5.74, 6) is -0.191. The number of hydrogen-bond donors (Lipinski definition) is 1. The van der Waals surface area contributed by atoms with E-state index < -0.39 is 0 Å². The summed E-state index contributed by atoms with van der Waals surface area (Å²) in [7, 11) is 0. The lowest BCUT2D eigenvalue weighted by Gasteiger charge is -2.25. The zero-order chi connectivity index (χ0) is 16.1. The molecule has 0 aliphatic carbocycles. The van der Waals surface area contributed by atoms with Crippen LogP contribution in [0, 0.1) is 5.82 Å². The van der Waals surface area contributed by atoms with Crippen LogP contribution in [0.2, 0.25) is 0 Å². The standard InChI is InChI=1S/C19H23FN2O.ClH/c20-17-6-1-4-15(10-17)12-22(14-19-8-3-9-23-19)13-16-5-2-7-18(21)11-16;/h1-2,4-7,10-11,19H,3,8-9,12-14,21H2;1H. The maximum Gasteiger partial charge on any atom is 0.123 e. The molecule has 1 saturated heterocycles. The van der Waals surface area contributed by atoms with Crippen molar-refractivity contribution in [3.05, 3.63) is 65.5 Å². The van der Waals surface area contributed by atoms with Crippen molar-refractivity contribution in [3.63, 3.8) is 0 Å². The number of rotatable bonds is 6. The van der Waals surface area contributed by atoms with Gasteiger partial charge < -0.3 is 10.5 Å². The van der Waals surface area contributed by atoms with E-state index in [-0.39, 0.29) is 24.3 Å². The number of benzene rings is 2. The number of anilines is 1. The summed E-state index contributed by atoms with van der Waals surface area (Å²) in [6.45, 7) is 3.18. The number of nitrogen functional groups attached to an aromatic ring is 1. The molecule has 1 unspecified atom stereocenters. The average molecular weight is 351 g/mol. The average Bonchev–Trinajstić information content (AvgIpc) is 3.00. The fraction of sp³-hybridized carbons (Fsp3) is 0.368. The van der Waals surface area contributed by atoms with Crippen LogP contribution in [-0.4, -0.2) is 24.2 Å². The number of nitrogens with zero attached hydrogens (tertiary/aromatic N) is 1. The molecule has 0 spiro atoms. The largest absolute Gasteiger partial charge is 0.399 e. The van der Waals surface area contributed by atoms with E-state index in [4.69, 9.17) is 10.5 Å². The van der Waals surface area contributed by atoms with Crippen molar-refractivity contribution in [3.8, 4) is 0 Å². The Hall–Kier alpha value is -1.62. The number of hydrogen-bond acceptors (Lipinski definition) is 3. The van der Waals surface area contributed by atoms with E-state index in [1.165, 1.54) is 11.6 Å². The summed E-state index contributed by atoms with van der Waals surface area (Å²) < 4.78 is 19.2. The van der Waals surface area contributed by atoms with Gasteiger partial charge in [-0.05, 0) is 48.2 Å². The molecule has 3 nitrogen and oxygen atoms in total. The van der Waals surface area contributed by atoms with E-state index >= 15 is 0 Å². The number of halogens is 2. The molecule has 1 aliphatic heterocycles. The molecule has 2 N–H and O–H groups in total. The van der Waals surface area contributed by atoms with Crippen molar-refractivity contribution in [1.29, 1.82) is 0 Å². The van der Waals surface area contributed by atoms with Gasteiger partial charge in [-0.25, -0.2) is 4.39 Å². The lowest BCUT2D eigenvalue weighted by Crippen LogP contribution is -2.31. The third kappa shape index (κ3) is 5.48. The Balaban J connectivity index is 0.00000208. The van der Waals surface area contributed by atoms with Crippen molar-refractivity contribution in [2.75, 3.05) is 18.9 Å². The summed E-state index contributed by atoms with van der Waals surface area (Å²) in [6, 6.07) is 14.7. The fourth-order valence-corrected chi connectivity index (χ4v) is 3.10. The molecule has 1 heterocycles. The molecule has 24 heavy (non-hydrogen) atoms. The predicted octanol–water partition coefficient (Wildman–Crippen LogP) is 4.01. The fourth-order valence-electron chi connectivity index (χ4n) is 3.10. The molecule has 3 rings (SSSR count). The molecular weight excluding hydrogens is 327 g/mol. The Kier molecular flexibility index (Phi) is 7.03. The molecule has 0 aromatic heterocycles. The summed E-state index contributed by atoms with van der Waals surface area (Å²) >= 11 is 0. The number of ether oxygens (including phenoxy) is 1. The Morgan fingerprint density at radius 3 is 2.42 bits per heavy atom. The first-order chi connectivity index (χ1) is 11.2. The maximum atomic E-state index is 13.4. The van der Waals surface area contributed by atoms with Crippen LogP contribution in [0.3, 0.4) is 0 Å². The van der Waals surface area contributed by atoms with E-state index in [9.17, 15) is 4.39 Å².